The Bertz CT molecular complexity index is 414. The molecule has 0 aromatic carbocycles. The number of hydrogen-bond acceptors (Lipinski definition) is 16. The highest BCUT2D eigenvalue weighted by Crippen LogP contribution is 2.04. The number of aldehydes is 2. The number of carbonyl (C=O) groups excluding carboxylic acids is 2. The van der Waals surface area contributed by atoms with E-state index in [-0.39, 0.29) is 12.6 Å². The van der Waals surface area contributed by atoms with Gasteiger partial charge in [0.15, 0.2) is 12.6 Å². The summed E-state index contributed by atoms with van der Waals surface area (Å²) in [7, 11) is 0. The molecule has 0 saturated carbocycles. The molecular weight excluding hydrogens is 448 g/mol. The predicted molar refractivity (Wildman–Crippen MR) is 101 cm³/mol. The number of aliphatic hydroxyl groups is 14. The lowest BCUT2D eigenvalue weighted by atomic mass is 10.0. The number of rotatable bonds is 13. The van der Waals surface area contributed by atoms with Crippen LogP contribution in [0.4, 0.5) is 0 Å². The molecule has 16 heteroatoms. The highest BCUT2D eigenvalue weighted by Gasteiger charge is 2.29. The summed E-state index contributed by atoms with van der Waals surface area (Å²) >= 11 is 0. The molecule has 0 aliphatic rings. The first-order valence-electron chi connectivity index (χ1n) is 8.95. The Kier molecular flexibility index (Phi) is 22.5. The fourth-order valence-corrected chi connectivity index (χ4v) is 1.50. The highest BCUT2D eigenvalue weighted by molar-refractivity contribution is 5.57. The zero-order chi connectivity index (χ0) is 26.0. The van der Waals surface area contributed by atoms with Crippen molar-refractivity contribution in [3.63, 3.8) is 0 Å². The van der Waals surface area contributed by atoms with Crippen LogP contribution in [0.5, 0.6) is 0 Å². The van der Waals surface area contributed by atoms with Crippen molar-refractivity contribution in [1.82, 2.24) is 0 Å². The molecular formula is C16H34O16. The second-order valence-corrected chi connectivity index (χ2v) is 6.22. The molecule has 194 valence electrons. The zero-order valence-corrected chi connectivity index (χ0v) is 16.8. The molecule has 0 spiro atoms. The number of carbonyl (C=O) groups is 2. The third-order valence-electron chi connectivity index (χ3n) is 3.65. The maximum absolute atomic E-state index is 9.76. The molecule has 0 aliphatic heterocycles. The van der Waals surface area contributed by atoms with Crippen molar-refractivity contribution < 1.29 is 81.1 Å². The van der Waals surface area contributed by atoms with Crippen LogP contribution in [0.1, 0.15) is 0 Å². The van der Waals surface area contributed by atoms with Crippen molar-refractivity contribution in [3.8, 4) is 0 Å². The summed E-state index contributed by atoms with van der Waals surface area (Å²) in [6.07, 6.45) is -15.7. The minimum absolute atomic E-state index is 0.0869. The molecule has 32 heavy (non-hydrogen) atoms. The summed E-state index contributed by atoms with van der Waals surface area (Å²) < 4.78 is 0. The molecule has 0 saturated heterocycles. The molecule has 0 rings (SSSR count). The Hall–Kier alpha value is -1.22. The molecule has 0 aromatic rings. The topological polar surface area (TPSA) is 317 Å². The van der Waals surface area contributed by atoms with Crippen molar-refractivity contribution in [2.24, 2.45) is 0 Å². The van der Waals surface area contributed by atoms with Gasteiger partial charge in [-0.05, 0) is 0 Å². The zero-order valence-electron chi connectivity index (χ0n) is 16.8. The summed E-state index contributed by atoms with van der Waals surface area (Å²) in [6, 6.07) is 0. The number of hydrogen-bond donors (Lipinski definition) is 14. The van der Waals surface area contributed by atoms with Gasteiger partial charge in [-0.3, -0.25) is 0 Å². The van der Waals surface area contributed by atoms with E-state index >= 15 is 0 Å². The molecule has 0 unspecified atom stereocenters. The molecule has 0 bridgehead atoms. The highest BCUT2D eigenvalue weighted by atomic mass is 16.4. The van der Waals surface area contributed by atoms with Crippen LogP contribution in [0.25, 0.3) is 0 Å². The van der Waals surface area contributed by atoms with Gasteiger partial charge in [0.05, 0.1) is 26.4 Å². The van der Waals surface area contributed by atoms with Gasteiger partial charge in [-0.15, -0.1) is 0 Å². The maximum atomic E-state index is 9.76. The fourth-order valence-electron chi connectivity index (χ4n) is 1.50. The summed E-state index contributed by atoms with van der Waals surface area (Å²) in [5.74, 6) is 0. The molecule has 10 atom stereocenters. The van der Waals surface area contributed by atoms with Crippen LogP contribution < -0.4 is 0 Å². The van der Waals surface area contributed by atoms with Crippen LogP contribution in [0.3, 0.4) is 0 Å². The van der Waals surface area contributed by atoms with Gasteiger partial charge in [-0.2, -0.15) is 0 Å². The molecule has 0 amide bonds. The Morgan fingerprint density at radius 1 is 0.406 bits per heavy atom. The molecule has 14 N–H and O–H groups in total. The standard InChI is InChI=1S/C6H14O6.2C5H10O5/c7-1-3(9)5(11)6(12)4(10)2-8;2*6-1-3(8)5(10)4(9)2-7/h3-12H,1-2H2;2*1,3-5,7-10H,2H2/t3-,4-,5-,6-;3-,4+,5+;3-,4-,5+/m100/s1. The lowest BCUT2D eigenvalue weighted by Gasteiger charge is -2.24. The van der Waals surface area contributed by atoms with Crippen LogP contribution in [0.2, 0.25) is 0 Å². The van der Waals surface area contributed by atoms with Crippen molar-refractivity contribution >= 4 is 12.6 Å². The van der Waals surface area contributed by atoms with E-state index in [9.17, 15) is 9.59 Å². The Morgan fingerprint density at radius 2 is 0.594 bits per heavy atom. The lowest BCUT2D eigenvalue weighted by molar-refractivity contribution is -0.128. The second-order valence-electron chi connectivity index (χ2n) is 6.22. The summed E-state index contributed by atoms with van der Waals surface area (Å²) in [5.41, 5.74) is 0. The van der Waals surface area contributed by atoms with Gasteiger partial charge in [-0.25, -0.2) is 0 Å². The van der Waals surface area contributed by atoms with E-state index < -0.39 is 87.5 Å². The maximum Gasteiger partial charge on any atom is 0.151 e. The van der Waals surface area contributed by atoms with Crippen molar-refractivity contribution in [3.05, 3.63) is 0 Å². The van der Waals surface area contributed by atoms with E-state index in [0.717, 1.165) is 0 Å². The predicted octanol–water partition coefficient (Wildman–Crippen LogP) is -9.06. The average Bonchev–Trinajstić information content (AvgIpc) is 2.84. The molecule has 0 fully saturated rings. The van der Waals surface area contributed by atoms with Crippen LogP contribution in [-0.4, -0.2) is 172 Å². The van der Waals surface area contributed by atoms with Gasteiger partial charge < -0.3 is 81.1 Å². The van der Waals surface area contributed by atoms with E-state index in [0.29, 0.717) is 0 Å². The van der Waals surface area contributed by atoms with Gasteiger partial charge in [0.25, 0.3) is 0 Å². The van der Waals surface area contributed by atoms with Crippen LogP contribution in [0, 0.1) is 0 Å². The van der Waals surface area contributed by atoms with Gasteiger partial charge in [0.2, 0.25) is 0 Å². The summed E-state index contributed by atoms with van der Waals surface area (Å²) in [6.45, 7) is -2.83. The molecule has 0 aliphatic carbocycles. The molecule has 16 nitrogen and oxygen atoms in total. The van der Waals surface area contributed by atoms with Crippen LogP contribution in [-0.2, 0) is 9.59 Å². The Morgan fingerprint density at radius 3 is 0.750 bits per heavy atom. The first-order chi connectivity index (χ1) is 14.8. The monoisotopic (exact) mass is 482 g/mol. The average molecular weight is 482 g/mol. The van der Waals surface area contributed by atoms with E-state index in [1.165, 1.54) is 0 Å². The summed E-state index contributed by atoms with van der Waals surface area (Å²) in [5, 5.41) is 120. The van der Waals surface area contributed by atoms with Gasteiger partial charge in [0.1, 0.15) is 61.0 Å². The smallest absolute Gasteiger partial charge is 0.151 e. The third kappa shape index (κ3) is 14.8. The van der Waals surface area contributed by atoms with Crippen LogP contribution in [0.15, 0.2) is 0 Å². The Labute approximate surface area is 182 Å². The number of aliphatic hydroxyl groups excluding tert-OH is 14. The molecule has 0 aromatic heterocycles. The molecule has 0 heterocycles. The normalized spacial score (nSPS) is 20.3. The van der Waals surface area contributed by atoms with Crippen molar-refractivity contribution in [1.29, 1.82) is 0 Å². The van der Waals surface area contributed by atoms with Gasteiger partial charge in [0, 0.05) is 0 Å². The fraction of sp³-hybridized carbons (Fsp3) is 0.875. The van der Waals surface area contributed by atoms with Crippen LogP contribution >= 0.6 is 0 Å². The minimum Gasteiger partial charge on any atom is -0.394 e. The summed E-state index contributed by atoms with van der Waals surface area (Å²) in [4.78, 5) is 19.5. The minimum atomic E-state index is -1.67. The lowest BCUT2D eigenvalue weighted by Crippen LogP contribution is -2.46. The first kappa shape index (κ1) is 35.4. The van der Waals surface area contributed by atoms with E-state index in [2.05, 4.69) is 0 Å². The quantitative estimate of drug-likeness (QED) is 0.108. The third-order valence-corrected chi connectivity index (χ3v) is 3.65. The Balaban J connectivity index is -0.000000397. The SMILES string of the molecule is O=C[C@H](O)[C@@H](O)[C@@H](O)CO.O=C[C@H](O)[C@@H](O)[C@H](O)CO.OC[C@@H](O)[C@@H](O)[C@H](O)[C@H](O)CO. The van der Waals surface area contributed by atoms with E-state index in [1.54, 1.807) is 0 Å². The van der Waals surface area contributed by atoms with Crippen molar-refractivity contribution in [2.45, 2.75) is 61.0 Å². The molecule has 0 radical (unpaired) electrons. The first-order valence-corrected chi connectivity index (χ1v) is 8.95. The van der Waals surface area contributed by atoms with E-state index in [1.807, 2.05) is 0 Å². The second kappa shape index (κ2) is 20.4. The van der Waals surface area contributed by atoms with Gasteiger partial charge >= 0.3 is 0 Å². The van der Waals surface area contributed by atoms with Gasteiger partial charge in [-0.1, -0.05) is 0 Å². The van der Waals surface area contributed by atoms with Crippen molar-refractivity contribution in [2.75, 3.05) is 26.4 Å². The largest absolute Gasteiger partial charge is 0.394 e. The van der Waals surface area contributed by atoms with E-state index in [4.69, 9.17) is 71.5 Å².